The zero-order chi connectivity index (χ0) is 36.6. The molecule has 3 amide bonds. The lowest BCUT2D eigenvalue weighted by molar-refractivity contribution is -0.138. The Bertz CT molecular complexity index is 1420. The number of ether oxygens (including phenoxy) is 1. The van der Waals surface area contributed by atoms with Crippen LogP contribution in [-0.2, 0) is 36.4 Å². The van der Waals surface area contributed by atoms with Gasteiger partial charge in [-0.05, 0) is 60.1 Å². The van der Waals surface area contributed by atoms with Gasteiger partial charge in [-0.2, -0.15) is 0 Å². The number of carbonyl (C=O) groups excluding carboxylic acids is 3. The Labute approximate surface area is 290 Å². The molecule has 2 aromatic carbocycles. The van der Waals surface area contributed by atoms with Crippen molar-refractivity contribution in [2.24, 2.45) is 16.5 Å². The summed E-state index contributed by atoms with van der Waals surface area (Å²) >= 11 is 0. The predicted molar refractivity (Wildman–Crippen MR) is 192 cm³/mol. The maximum Gasteiger partial charge on any atom is 0.322 e. The molecule has 0 saturated carbocycles. The van der Waals surface area contributed by atoms with Crippen molar-refractivity contribution in [3.8, 4) is 5.75 Å². The Kier molecular flexibility index (Phi) is 16.1. The van der Waals surface area contributed by atoms with Gasteiger partial charge in [0.25, 0.3) is 0 Å². The van der Waals surface area contributed by atoms with E-state index in [4.69, 9.17) is 21.3 Å². The predicted octanol–water partition coefficient (Wildman–Crippen LogP) is 3.69. The van der Waals surface area contributed by atoms with Gasteiger partial charge in [0.15, 0.2) is 5.96 Å². The average molecular weight is 681 g/mol. The first kappa shape index (κ1) is 40.6. The number of nitrogens with two attached hydrogens (primary N) is 2. The van der Waals surface area contributed by atoms with E-state index in [0.717, 1.165) is 29.7 Å². The van der Waals surface area contributed by atoms with E-state index in [9.17, 15) is 19.2 Å². The molecule has 0 aromatic heterocycles. The highest BCUT2D eigenvalue weighted by Crippen LogP contribution is 2.38. The maximum absolute atomic E-state index is 13.6. The number of carboxylic acid groups (broad SMARTS) is 1. The van der Waals surface area contributed by atoms with Gasteiger partial charge in [0.05, 0.1) is 6.61 Å². The fraction of sp³-hybridized carbons (Fsp3) is 0.541. The first-order valence-corrected chi connectivity index (χ1v) is 17.1. The minimum atomic E-state index is -1.22. The lowest BCUT2D eigenvalue weighted by Crippen LogP contribution is -2.54. The summed E-state index contributed by atoms with van der Waals surface area (Å²) in [4.78, 5) is 54.5. The van der Waals surface area contributed by atoms with Gasteiger partial charge in [0.1, 0.15) is 24.4 Å². The molecule has 0 aliphatic rings. The summed E-state index contributed by atoms with van der Waals surface area (Å²) in [6, 6.07) is 13.5. The maximum atomic E-state index is 13.6. The number of carbonyl (C=O) groups is 4. The van der Waals surface area contributed by atoms with Crippen LogP contribution in [0.3, 0.4) is 0 Å². The van der Waals surface area contributed by atoms with Crippen LogP contribution in [-0.4, -0.2) is 66.5 Å². The van der Waals surface area contributed by atoms with E-state index < -0.39 is 36.4 Å². The van der Waals surface area contributed by atoms with Crippen LogP contribution < -0.4 is 32.2 Å². The van der Waals surface area contributed by atoms with Gasteiger partial charge in [0.2, 0.25) is 17.7 Å². The Hall–Kier alpha value is -4.61. The normalized spacial score (nSPS) is 12.7. The molecule has 0 saturated heterocycles. The van der Waals surface area contributed by atoms with Crippen LogP contribution in [0.2, 0.25) is 0 Å². The van der Waals surface area contributed by atoms with Crippen molar-refractivity contribution in [3.63, 3.8) is 0 Å². The molecular weight excluding hydrogens is 624 g/mol. The van der Waals surface area contributed by atoms with E-state index in [1.165, 1.54) is 5.56 Å². The van der Waals surface area contributed by atoms with Crippen molar-refractivity contribution >= 4 is 29.7 Å². The van der Waals surface area contributed by atoms with Crippen molar-refractivity contribution < 1.29 is 29.0 Å². The second-order valence-corrected chi connectivity index (χ2v) is 13.6. The number of nitrogens with one attached hydrogen (secondary N) is 3. The summed E-state index contributed by atoms with van der Waals surface area (Å²) in [5.41, 5.74) is 13.9. The second-order valence-electron chi connectivity index (χ2n) is 13.6. The van der Waals surface area contributed by atoms with E-state index in [-0.39, 0.29) is 48.5 Å². The van der Waals surface area contributed by atoms with Crippen LogP contribution in [0.5, 0.6) is 5.75 Å². The molecule has 0 radical (unpaired) electrons. The van der Waals surface area contributed by atoms with Gasteiger partial charge in [-0.15, -0.1) is 0 Å². The zero-order valence-corrected chi connectivity index (χ0v) is 29.9. The SMILES string of the molecule is CCC(C)(C)c1ccc(OCCCC(=O)N[C@@H](Cc2ccccc2)C(=O)N[C@@H](CCCN=C(N)N)C(=O)NCC(=O)O)c(C(C)(C)CC)c1. The Morgan fingerprint density at radius 2 is 1.55 bits per heavy atom. The quantitative estimate of drug-likeness (QED) is 0.0652. The molecular formula is C37H56N6O6. The third-order valence-electron chi connectivity index (χ3n) is 8.99. The van der Waals surface area contributed by atoms with E-state index in [2.05, 4.69) is 74.6 Å². The molecule has 0 aliphatic heterocycles. The molecule has 12 heteroatoms. The number of amides is 3. The van der Waals surface area contributed by atoms with Gasteiger partial charge in [-0.3, -0.25) is 24.2 Å². The number of hydrogen-bond acceptors (Lipinski definition) is 6. The van der Waals surface area contributed by atoms with Crippen molar-refractivity contribution in [1.82, 2.24) is 16.0 Å². The summed E-state index contributed by atoms with van der Waals surface area (Å²) in [5, 5.41) is 16.8. The van der Waals surface area contributed by atoms with Gasteiger partial charge in [-0.25, -0.2) is 0 Å². The minimum Gasteiger partial charge on any atom is -0.493 e. The van der Waals surface area contributed by atoms with Crippen LogP contribution in [0, 0.1) is 0 Å². The van der Waals surface area contributed by atoms with Crippen molar-refractivity contribution in [1.29, 1.82) is 0 Å². The van der Waals surface area contributed by atoms with Gasteiger partial charge >= 0.3 is 5.97 Å². The van der Waals surface area contributed by atoms with Crippen molar-refractivity contribution in [3.05, 3.63) is 65.2 Å². The van der Waals surface area contributed by atoms with Crippen molar-refractivity contribution in [2.45, 2.75) is 109 Å². The minimum absolute atomic E-state index is 0.0354. The van der Waals surface area contributed by atoms with Crippen LogP contribution >= 0.6 is 0 Å². The lowest BCUT2D eigenvalue weighted by Gasteiger charge is -2.30. The molecule has 0 aliphatic carbocycles. The Morgan fingerprint density at radius 3 is 2.16 bits per heavy atom. The number of nitrogens with zero attached hydrogens (tertiary/aromatic N) is 1. The average Bonchev–Trinajstić information content (AvgIpc) is 3.06. The Balaban J connectivity index is 2.14. The third-order valence-corrected chi connectivity index (χ3v) is 8.99. The third kappa shape index (κ3) is 13.8. The topological polar surface area (TPSA) is 198 Å². The summed E-state index contributed by atoms with van der Waals surface area (Å²) < 4.78 is 6.24. The summed E-state index contributed by atoms with van der Waals surface area (Å²) in [6.45, 7) is 13.1. The van der Waals surface area contributed by atoms with E-state index in [1.807, 2.05) is 36.4 Å². The molecule has 0 unspecified atom stereocenters. The van der Waals surface area contributed by atoms with Crippen LogP contribution in [0.1, 0.15) is 96.8 Å². The number of aliphatic carboxylic acids is 1. The van der Waals surface area contributed by atoms with Gasteiger partial charge in [0, 0.05) is 24.9 Å². The second kappa shape index (κ2) is 19.4. The molecule has 2 rings (SSSR count). The monoisotopic (exact) mass is 680 g/mol. The fourth-order valence-electron chi connectivity index (χ4n) is 5.07. The van der Waals surface area contributed by atoms with E-state index in [0.29, 0.717) is 19.4 Å². The molecule has 0 heterocycles. The Morgan fingerprint density at radius 1 is 0.878 bits per heavy atom. The van der Waals surface area contributed by atoms with Crippen molar-refractivity contribution in [2.75, 3.05) is 19.7 Å². The molecule has 0 fully saturated rings. The summed E-state index contributed by atoms with van der Waals surface area (Å²) in [7, 11) is 0. The highest BCUT2D eigenvalue weighted by Gasteiger charge is 2.28. The molecule has 49 heavy (non-hydrogen) atoms. The van der Waals surface area contributed by atoms with Crippen LogP contribution in [0.4, 0.5) is 0 Å². The molecule has 12 nitrogen and oxygen atoms in total. The molecule has 0 spiro atoms. The number of guanidine groups is 1. The number of hydrogen-bond donors (Lipinski definition) is 6. The molecule has 270 valence electrons. The van der Waals surface area contributed by atoms with Crippen LogP contribution in [0.15, 0.2) is 53.5 Å². The van der Waals surface area contributed by atoms with E-state index >= 15 is 0 Å². The molecule has 2 aromatic rings. The molecule has 0 bridgehead atoms. The van der Waals surface area contributed by atoms with E-state index in [1.54, 1.807) is 0 Å². The lowest BCUT2D eigenvalue weighted by atomic mass is 9.76. The number of aliphatic imine (C=N–C) groups is 1. The standard InChI is InChI=1S/C37H56N6O6/c1-7-36(3,4)26-18-19-30(27(23-26)37(5,6)8-2)49-21-13-17-31(44)42-29(22-25-14-10-9-11-15-25)34(48)43-28(16-12-20-40-35(38)39)33(47)41-24-32(45)46/h9-11,14-15,18-19,23,28-29H,7-8,12-13,16-17,20-22,24H2,1-6H3,(H,41,47)(H,42,44)(H,43,48)(H,45,46)(H4,38,39,40)/t28-,29-/m0/s1. The zero-order valence-electron chi connectivity index (χ0n) is 29.9. The highest BCUT2D eigenvalue weighted by atomic mass is 16.5. The summed E-state index contributed by atoms with van der Waals surface area (Å²) in [6.07, 6.45) is 3.15. The largest absolute Gasteiger partial charge is 0.493 e. The first-order chi connectivity index (χ1) is 23.1. The summed E-state index contributed by atoms with van der Waals surface area (Å²) in [5.74, 6) is -2.11. The first-order valence-electron chi connectivity index (χ1n) is 17.1. The fourth-order valence-corrected chi connectivity index (χ4v) is 5.07. The number of carboxylic acids is 1. The highest BCUT2D eigenvalue weighted by molar-refractivity contribution is 5.93. The molecule has 8 N–H and O–H groups in total. The van der Waals surface area contributed by atoms with Gasteiger partial charge < -0.3 is 37.3 Å². The van der Waals surface area contributed by atoms with Crippen LogP contribution in [0.25, 0.3) is 0 Å². The number of rotatable bonds is 21. The molecule has 2 atom stereocenters. The smallest absolute Gasteiger partial charge is 0.322 e. The van der Waals surface area contributed by atoms with Gasteiger partial charge in [-0.1, -0.05) is 84.0 Å². The number of benzene rings is 2.